The average molecular weight is 268 g/mol. The Morgan fingerprint density at radius 3 is 2.56 bits per heavy atom. The Bertz CT molecular complexity index is 473. The van der Waals surface area contributed by atoms with E-state index in [1.165, 1.54) is 0 Å². The summed E-state index contributed by atoms with van der Waals surface area (Å²) in [7, 11) is 0. The molecule has 6 heteroatoms. The number of carbonyl (C=O) groups is 1. The lowest BCUT2D eigenvalue weighted by Gasteiger charge is -2.40. The lowest BCUT2D eigenvalue weighted by molar-refractivity contribution is -0.146. The van der Waals surface area contributed by atoms with E-state index in [1.54, 1.807) is 12.4 Å². The minimum absolute atomic E-state index is 0.0607. The molecule has 0 radical (unpaired) electrons. The predicted octanol–water partition coefficient (Wildman–Crippen LogP) is 1.82. The van der Waals surface area contributed by atoms with Crippen molar-refractivity contribution in [1.29, 1.82) is 0 Å². The minimum atomic E-state index is -0.703. The van der Waals surface area contributed by atoms with Crippen molar-refractivity contribution in [1.82, 2.24) is 9.97 Å². The predicted molar refractivity (Wildman–Crippen MR) is 66.7 cm³/mol. The van der Waals surface area contributed by atoms with Crippen molar-refractivity contribution in [2.75, 3.05) is 18.0 Å². The Balaban J connectivity index is 1.84. The first-order valence-electron chi connectivity index (χ1n) is 6.06. The van der Waals surface area contributed by atoms with Gasteiger partial charge in [-0.2, -0.15) is 0 Å². The number of aliphatic carboxylic acids is 1. The molecule has 2 fully saturated rings. The Morgan fingerprint density at radius 1 is 1.44 bits per heavy atom. The molecule has 18 heavy (non-hydrogen) atoms. The second-order valence-corrected chi connectivity index (χ2v) is 5.62. The zero-order valence-electron chi connectivity index (χ0n) is 9.84. The van der Waals surface area contributed by atoms with Gasteiger partial charge < -0.3 is 10.0 Å². The molecule has 2 aliphatic rings. The molecule has 1 saturated carbocycles. The smallest absolute Gasteiger partial charge is 0.308 e. The van der Waals surface area contributed by atoms with E-state index in [0.29, 0.717) is 17.5 Å². The molecule has 1 atom stereocenters. The highest BCUT2D eigenvalue weighted by atomic mass is 35.5. The molecule has 1 N–H and O–H groups in total. The standard InChI is InChI=1S/C12H14ClN3O2/c13-8-4-14-11(15-5-8)16-6-9(10(17)18)12(7-16)2-1-3-12/h4-5,9H,1-3,6-7H2,(H,17,18)/t9-/m1/s1. The maximum atomic E-state index is 11.4. The molecule has 5 nitrogen and oxygen atoms in total. The molecule has 2 heterocycles. The van der Waals surface area contributed by atoms with E-state index in [1.807, 2.05) is 4.90 Å². The summed E-state index contributed by atoms with van der Waals surface area (Å²) in [6.45, 7) is 1.24. The number of hydrogen-bond acceptors (Lipinski definition) is 4. The summed E-state index contributed by atoms with van der Waals surface area (Å²) in [5.41, 5.74) is -0.0607. The van der Waals surface area contributed by atoms with Gasteiger partial charge in [-0.1, -0.05) is 18.0 Å². The number of carboxylic acids is 1. The third-order valence-corrected chi connectivity index (χ3v) is 4.38. The fourth-order valence-electron chi connectivity index (χ4n) is 3.07. The zero-order chi connectivity index (χ0) is 12.8. The van der Waals surface area contributed by atoms with Crippen molar-refractivity contribution in [2.24, 2.45) is 11.3 Å². The first kappa shape index (κ1) is 11.7. The van der Waals surface area contributed by atoms with Crippen LogP contribution in [0.3, 0.4) is 0 Å². The number of anilines is 1. The number of halogens is 1. The third-order valence-electron chi connectivity index (χ3n) is 4.18. The fourth-order valence-corrected chi connectivity index (χ4v) is 3.17. The maximum absolute atomic E-state index is 11.4. The highest BCUT2D eigenvalue weighted by Crippen LogP contribution is 2.52. The molecule has 0 amide bonds. The highest BCUT2D eigenvalue weighted by molar-refractivity contribution is 6.30. The van der Waals surface area contributed by atoms with Gasteiger partial charge in [0.05, 0.1) is 23.3 Å². The third kappa shape index (κ3) is 1.73. The Morgan fingerprint density at radius 2 is 2.11 bits per heavy atom. The van der Waals surface area contributed by atoms with Gasteiger partial charge >= 0.3 is 5.97 Å². The van der Waals surface area contributed by atoms with Crippen LogP contribution in [0.25, 0.3) is 0 Å². The summed E-state index contributed by atoms with van der Waals surface area (Å²) in [5.74, 6) is -0.425. The van der Waals surface area contributed by atoms with Gasteiger partial charge in [0.15, 0.2) is 0 Å². The van der Waals surface area contributed by atoms with Crippen molar-refractivity contribution in [3.8, 4) is 0 Å². The second kappa shape index (κ2) is 4.09. The van der Waals surface area contributed by atoms with E-state index < -0.39 is 5.97 Å². The summed E-state index contributed by atoms with van der Waals surface area (Å²) in [5, 5.41) is 9.83. The van der Waals surface area contributed by atoms with Crippen LogP contribution < -0.4 is 4.90 Å². The number of rotatable bonds is 2. The highest BCUT2D eigenvalue weighted by Gasteiger charge is 2.54. The molecule has 0 bridgehead atoms. The summed E-state index contributed by atoms with van der Waals surface area (Å²) in [6, 6.07) is 0. The number of hydrogen-bond donors (Lipinski definition) is 1. The molecular formula is C12H14ClN3O2. The summed E-state index contributed by atoms with van der Waals surface area (Å²) >= 11 is 5.75. The maximum Gasteiger partial charge on any atom is 0.308 e. The van der Waals surface area contributed by atoms with Crippen LogP contribution in [0.5, 0.6) is 0 Å². The van der Waals surface area contributed by atoms with E-state index in [9.17, 15) is 9.90 Å². The van der Waals surface area contributed by atoms with Crippen molar-refractivity contribution >= 4 is 23.5 Å². The molecule has 96 valence electrons. The molecule has 1 aromatic rings. The molecule has 1 spiro atoms. The van der Waals surface area contributed by atoms with E-state index in [0.717, 1.165) is 25.8 Å². The number of nitrogens with zero attached hydrogens (tertiary/aromatic N) is 3. The van der Waals surface area contributed by atoms with E-state index in [2.05, 4.69) is 9.97 Å². The lowest BCUT2D eigenvalue weighted by Crippen LogP contribution is -2.40. The fraction of sp³-hybridized carbons (Fsp3) is 0.583. The Hall–Kier alpha value is -1.36. The first-order chi connectivity index (χ1) is 8.61. The van der Waals surface area contributed by atoms with Gasteiger partial charge in [0.25, 0.3) is 0 Å². The number of aromatic nitrogens is 2. The van der Waals surface area contributed by atoms with Gasteiger partial charge in [0.2, 0.25) is 5.95 Å². The molecule has 0 unspecified atom stereocenters. The van der Waals surface area contributed by atoms with Crippen LogP contribution in [0, 0.1) is 11.3 Å². The quantitative estimate of drug-likeness (QED) is 0.885. The molecule has 1 aliphatic heterocycles. The van der Waals surface area contributed by atoms with Crippen LogP contribution >= 0.6 is 11.6 Å². The van der Waals surface area contributed by atoms with E-state index in [-0.39, 0.29) is 11.3 Å². The van der Waals surface area contributed by atoms with Crippen LogP contribution in [0.2, 0.25) is 5.02 Å². The summed E-state index contributed by atoms with van der Waals surface area (Å²) in [6.07, 6.45) is 6.21. The molecule has 0 aromatic carbocycles. The van der Waals surface area contributed by atoms with Crippen LogP contribution in [0.1, 0.15) is 19.3 Å². The van der Waals surface area contributed by atoms with Gasteiger partial charge in [-0.3, -0.25) is 4.79 Å². The normalized spacial score (nSPS) is 25.2. The van der Waals surface area contributed by atoms with Crippen LogP contribution in [-0.2, 0) is 4.79 Å². The van der Waals surface area contributed by atoms with Crippen LogP contribution in [-0.4, -0.2) is 34.1 Å². The monoisotopic (exact) mass is 267 g/mol. The van der Waals surface area contributed by atoms with Crippen molar-refractivity contribution in [3.63, 3.8) is 0 Å². The topological polar surface area (TPSA) is 66.3 Å². The van der Waals surface area contributed by atoms with Crippen molar-refractivity contribution in [3.05, 3.63) is 17.4 Å². The van der Waals surface area contributed by atoms with Gasteiger partial charge in [-0.25, -0.2) is 9.97 Å². The molecule has 3 rings (SSSR count). The molecule has 1 saturated heterocycles. The zero-order valence-corrected chi connectivity index (χ0v) is 10.6. The minimum Gasteiger partial charge on any atom is -0.481 e. The van der Waals surface area contributed by atoms with Gasteiger partial charge in [0, 0.05) is 18.5 Å². The van der Waals surface area contributed by atoms with E-state index in [4.69, 9.17) is 11.6 Å². The second-order valence-electron chi connectivity index (χ2n) is 5.19. The van der Waals surface area contributed by atoms with Gasteiger partial charge in [0.1, 0.15) is 0 Å². The van der Waals surface area contributed by atoms with Crippen molar-refractivity contribution < 1.29 is 9.90 Å². The number of carboxylic acid groups (broad SMARTS) is 1. The van der Waals surface area contributed by atoms with Gasteiger partial charge in [-0.15, -0.1) is 0 Å². The van der Waals surface area contributed by atoms with E-state index >= 15 is 0 Å². The van der Waals surface area contributed by atoms with Crippen LogP contribution in [0.4, 0.5) is 5.95 Å². The van der Waals surface area contributed by atoms with Crippen molar-refractivity contribution in [2.45, 2.75) is 19.3 Å². The Kier molecular flexibility index (Phi) is 2.66. The Labute approximate surface area is 110 Å². The molecule has 1 aliphatic carbocycles. The average Bonchev–Trinajstić information content (AvgIpc) is 2.70. The molecule has 1 aromatic heterocycles. The van der Waals surface area contributed by atoms with Gasteiger partial charge in [-0.05, 0) is 12.8 Å². The summed E-state index contributed by atoms with van der Waals surface area (Å²) in [4.78, 5) is 21.7. The first-order valence-corrected chi connectivity index (χ1v) is 6.44. The SMILES string of the molecule is O=C(O)[C@H]1CN(c2ncc(Cl)cn2)CC12CCC2. The molecular weight excluding hydrogens is 254 g/mol. The summed E-state index contributed by atoms with van der Waals surface area (Å²) < 4.78 is 0. The lowest BCUT2D eigenvalue weighted by atomic mass is 9.63. The largest absolute Gasteiger partial charge is 0.481 e. The van der Waals surface area contributed by atoms with Crippen LogP contribution in [0.15, 0.2) is 12.4 Å².